The van der Waals surface area contributed by atoms with Crippen LogP contribution in [0.2, 0.25) is 0 Å². The summed E-state index contributed by atoms with van der Waals surface area (Å²) in [6, 6.07) is 9.36. The molecule has 1 unspecified atom stereocenters. The Morgan fingerprint density at radius 3 is 2.48 bits per heavy atom. The highest BCUT2D eigenvalue weighted by molar-refractivity contribution is 8.00. The summed E-state index contributed by atoms with van der Waals surface area (Å²) in [5.41, 5.74) is 0.949. The van der Waals surface area contributed by atoms with Gasteiger partial charge in [0.15, 0.2) is 5.16 Å². The Hall–Kier alpha value is -2.55. The Kier molecular flexibility index (Phi) is 6.33. The molecule has 1 aromatic carbocycles. The first kappa shape index (κ1) is 19.2. The summed E-state index contributed by atoms with van der Waals surface area (Å²) < 4.78 is 1.99. The van der Waals surface area contributed by atoms with Gasteiger partial charge in [0.2, 0.25) is 11.9 Å². The van der Waals surface area contributed by atoms with Crippen LogP contribution in [0.15, 0.2) is 35.5 Å². The van der Waals surface area contributed by atoms with E-state index in [0.717, 1.165) is 37.6 Å². The summed E-state index contributed by atoms with van der Waals surface area (Å²) in [4.78, 5) is 25.8. The molecule has 2 N–H and O–H groups in total. The number of anilines is 1. The zero-order valence-electron chi connectivity index (χ0n) is 15.5. The van der Waals surface area contributed by atoms with Crippen molar-refractivity contribution < 1.29 is 9.59 Å². The smallest absolute Gasteiger partial charge is 0.321 e. The van der Waals surface area contributed by atoms with Gasteiger partial charge in [-0.25, -0.2) is 4.79 Å². The van der Waals surface area contributed by atoms with Gasteiger partial charge >= 0.3 is 6.03 Å². The van der Waals surface area contributed by atoms with Crippen LogP contribution in [0, 0.1) is 0 Å². The molecule has 0 aliphatic carbocycles. The van der Waals surface area contributed by atoms with Gasteiger partial charge < -0.3 is 10.2 Å². The van der Waals surface area contributed by atoms with Crippen LogP contribution < -0.4 is 15.5 Å². The lowest BCUT2D eigenvalue weighted by atomic mass is 10.1. The number of benzene rings is 1. The lowest BCUT2D eigenvalue weighted by molar-refractivity contribution is -0.119. The highest BCUT2D eigenvalue weighted by Gasteiger charge is 2.25. The Labute approximate surface area is 162 Å². The minimum absolute atomic E-state index is 0.374. The number of carbonyl (C=O) groups is 2. The van der Waals surface area contributed by atoms with Crippen LogP contribution in [0.25, 0.3) is 5.69 Å². The minimum atomic E-state index is -0.522. The average molecular weight is 388 g/mol. The standard InChI is InChI=1S/C18H24N6O2S/c1-13(15(25)20-16(26)19-2)27-18-22-21-17(23-11-7-4-8-12-23)24(18)14-9-5-3-6-10-14/h3,5-6,9-10,13H,4,7-8,11-12H2,1-2H3,(H2,19,20,25,26). The molecule has 0 bridgehead atoms. The first-order valence-corrected chi connectivity index (χ1v) is 9.93. The first-order valence-electron chi connectivity index (χ1n) is 9.05. The van der Waals surface area contributed by atoms with E-state index in [2.05, 4.69) is 25.7 Å². The van der Waals surface area contributed by atoms with Crippen molar-refractivity contribution >= 4 is 29.6 Å². The van der Waals surface area contributed by atoms with Crippen molar-refractivity contribution in [1.29, 1.82) is 0 Å². The summed E-state index contributed by atoms with van der Waals surface area (Å²) in [6.07, 6.45) is 3.50. The van der Waals surface area contributed by atoms with Crippen molar-refractivity contribution in [2.45, 2.75) is 36.6 Å². The Morgan fingerprint density at radius 1 is 1.11 bits per heavy atom. The van der Waals surface area contributed by atoms with E-state index in [9.17, 15) is 9.59 Å². The van der Waals surface area contributed by atoms with Gasteiger partial charge in [-0.1, -0.05) is 30.0 Å². The van der Waals surface area contributed by atoms with Crippen LogP contribution in [0.5, 0.6) is 0 Å². The van der Waals surface area contributed by atoms with Crippen molar-refractivity contribution in [2.75, 3.05) is 25.0 Å². The first-order chi connectivity index (χ1) is 13.1. The monoisotopic (exact) mass is 388 g/mol. The van der Waals surface area contributed by atoms with Crippen molar-refractivity contribution in [3.05, 3.63) is 30.3 Å². The van der Waals surface area contributed by atoms with Crippen molar-refractivity contribution in [3.63, 3.8) is 0 Å². The highest BCUT2D eigenvalue weighted by atomic mass is 32.2. The van der Waals surface area contributed by atoms with Gasteiger partial charge in [-0.15, -0.1) is 10.2 Å². The summed E-state index contributed by atoms with van der Waals surface area (Å²) in [7, 11) is 1.47. The van der Waals surface area contributed by atoms with Crippen LogP contribution in [0.1, 0.15) is 26.2 Å². The SMILES string of the molecule is CNC(=O)NC(=O)C(C)Sc1nnc(N2CCCCC2)n1-c1ccccc1. The number of hydrogen-bond acceptors (Lipinski definition) is 6. The molecule has 1 fully saturated rings. The Balaban J connectivity index is 1.87. The predicted octanol–water partition coefficient (Wildman–Crippen LogP) is 2.19. The molecule has 9 heteroatoms. The number of para-hydroxylation sites is 1. The zero-order valence-corrected chi connectivity index (χ0v) is 16.3. The average Bonchev–Trinajstić information content (AvgIpc) is 3.12. The van der Waals surface area contributed by atoms with Gasteiger partial charge in [0.05, 0.1) is 10.9 Å². The normalized spacial score (nSPS) is 15.3. The number of nitrogens with zero attached hydrogens (tertiary/aromatic N) is 4. The van der Waals surface area contributed by atoms with Gasteiger partial charge in [0, 0.05) is 20.1 Å². The fourth-order valence-electron chi connectivity index (χ4n) is 2.93. The van der Waals surface area contributed by atoms with E-state index in [1.807, 2.05) is 34.9 Å². The number of urea groups is 1. The fourth-order valence-corrected chi connectivity index (χ4v) is 3.79. The molecule has 3 rings (SSSR count). The second kappa shape index (κ2) is 8.90. The molecular weight excluding hydrogens is 364 g/mol. The van der Waals surface area contributed by atoms with Crippen LogP contribution >= 0.6 is 11.8 Å². The third kappa shape index (κ3) is 4.60. The molecule has 1 saturated heterocycles. The third-order valence-electron chi connectivity index (χ3n) is 4.38. The molecule has 0 radical (unpaired) electrons. The molecule has 2 aromatic rings. The van der Waals surface area contributed by atoms with E-state index < -0.39 is 11.3 Å². The highest BCUT2D eigenvalue weighted by Crippen LogP contribution is 2.30. The molecule has 2 heterocycles. The van der Waals surface area contributed by atoms with Gasteiger partial charge in [-0.2, -0.15) is 0 Å². The fraction of sp³-hybridized carbons (Fsp3) is 0.444. The minimum Gasteiger partial charge on any atom is -0.341 e. The van der Waals surface area contributed by atoms with Crippen molar-refractivity contribution in [1.82, 2.24) is 25.4 Å². The van der Waals surface area contributed by atoms with Gasteiger partial charge in [0.25, 0.3) is 0 Å². The summed E-state index contributed by atoms with van der Waals surface area (Å²) in [6.45, 7) is 3.64. The number of rotatable bonds is 5. The molecule has 1 aliphatic heterocycles. The summed E-state index contributed by atoms with van der Waals surface area (Å²) in [5, 5.41) is 13.6. The van der Waals surface area contributed by atoms with Crippen molar-refractivity contribution in [2.24, 2.45) is 0 Å². The molecule has 0 spiro atoms. The summed E-state index contributed by atoms with van der Waals surface area (Å²) in [5.74, 6) is 0.420. The van der Waals surface area contributed by atoms with E-state index in [0.29, 0.717) is 5.16 Å². The third-order valence-corrected chi connectivity index (χ3v) is 5.43. The van der Waals surface area contributed by atoms with E-state index in [4.69, 9.17) is 0 Å². The molecule has 0 saturated carbocycles. The Bertz CT molecular complexity index is 788. The molecule has 8 nitrogen and oxygen atoms in total. The second-order valence-corrected chi connectivity index (χ2v) is 7.64. The summed E-state index contributed by atoms with van der Waals surface area (Å²) >= 11 is 1.28. The van der Waals surface area contributed by atoms with E-state index >= 15 is 0 Å². The molecule has 1 aromatic heterocycles. The van der Waals surface area contributed by atoms with Gasteiger partial charge in [-0.05, 0) is 38.3 Å². The number of piperidine rings is 1. The maximum Gasteiger partial charge on any atom is 0.321 e. The van der Waals surface area contributed by atoms with Crippen LogP contribution in [-0.4, -0.2) is 52.1 Å². The number of amides is 3. The Morgan fingerprint density at radius 2 is 1.81 bits per heavy atom. The number of aromatic nitrogens is 3. The largest absolute Gasteiger partial charge is 0.341 e. The maximum atomic E-state index is 12.2. The molecule has 144 valence electrons. The van der Waals surface area contributed by atoms with E-state index in [-0.39, 0.29) is 5.91 Å². The zero-order chi connectivity index (χ0) is 19.2. The lowest BCUT2D eigenvalue weighted by Gasteiger charge is -2.28. The van der Waals surface area contributed by atoms with Crippen molar-refractivity contribution in [3.8, 4) is 5.69 Å². The second-order valence-electron chi connectivity index (χ2n) is 6.33. The number of imide groups is 1. The lowest BCUT2D eigenvalue weighted by Crippen LogP contribution is -2.41. The van der Waals surface area contributed by atoms with E-state index in [1.165, 1.54) is 25.2 Å². The molecule has 27 heavy (non-hydrogen) atoms. The maximum absolute atomic E-state index is 12.2. The van der Waals surface area contributed by atoms with Crippen LogP contribution in [0.3, 0.4) is 0 Å². The van der Waals surface area contributed by atoms with Crippen LogP contribution in [-0.2, 0) is 4.79 Å². The van der Waals surface area contributed by atoms with Gasteiger partial charge in [0.1, 0.15) is 0 Å². The molecule has 1 atom stereocenters. The predicted molar refractivity (Wildman–Crippen MR) is 105 cm³/mol. The number of hydrogen-bond donors (Lipinski definition) is 2. The van der Waals surface area contributed by atoms with Gasteiger partial charge in [-0.3, -0.25) is 14.7 Å². The number of carbonyl (C=O) groups excluding carboxylic acids is 2. The number of nitrogens with one attached hydrogen (secondary N) is 2. The van der Waals surface area contributed by atoms with Crippen LogP contribution in [0.4, 0.5) is 10.7 Å². The van der Waals surface area contributed by atoms with E-state index in [1.54, 1.807) is 6.92 Å². The topological polar surface area (TPSA) is 92.2 Å². The molecule has 3 amide bonds. The molecule has 1 aliphatic rings. The quantitative estimate of drug-likeness (QED) is 0.763. The molecular formula is C18H24N6O2S. The number of thioether (sulfide) groups is 1.